The van der Waals surface area contributed by atoms with Gasteiger partial charge in [-0.15, -0.1) is 12.4 Å². The van der Waals surface area contributed by atoms with Crippen LogP contribution in [-0.4, -0.2) is 28.9 Å². The molecule has 1 aromatic rings. The van der Waals surface area contributed by atoms with Crippen LogP contribution in [0.2, 0.25) is 0 Å². The van der Waals surface area contributed by atoms with Crippen LogP contribution in [0.5, 0.6) is 11.5 Å². The molecule has 4 N–H and O–H groups in total. The molecule has 0 fully saturated rings. The summed E-state index contributed by atoms with van der Waals surface area (Å²) in [6.45, 7) is 0.407. The quantitative estimate of drug-likeness (QED) is 0.462. The zero-order valence-electron chi connectivity index (χ0n) is 8.14. The molecule has 0 amide bonds. The van der Waals surface area contributed by atoms with Crippen LogP contribution < -0.4 is 17.7 Å². The number of aliphatic hydroxyl groups excluding tert-OH is 1. The molecule has 4 nitrogen and oxygen atoms in total. The molecule has 0 aliphatic rings. The largest absolute Gasteiger partial charge is 1.00 e. The first kappa shape index (κ1) is 16.7. The average Bonchev–Trinajstić information content (AvgIpc) is 2.10. The maximum absolute atomic E-state index is 9.48. The third-order valence-electron chi connectivity index (χ3n) is 1.78. The molecule has 6 heteroatoms. The number of phenolic OH excluding ortho intramolecular Hbond substituents is 2. The third-order valence-corrected chi connectivity index (χ3v) is 1.78. The van der Waals surface area contributed by atoms with Gasteiger partial charge in [-0.25, -0.2) is 0 Å². The highest BCUT2D eigenvalue weighted by atomic mass is 35.5. The topological polar surface area (TPSA) is 72.7 Å². The summed E-state index contributed by atoms with van der Waals surface area (Å²) in [6, 6.07) is 4.26. The van der Waals surface area contributed by atoms with E-state index >= 15 is 0 Å². The highest BCUT2D eigenvalue weighted by Crippen LogP contribution is 2.27. The predicted molar refractivity (Wildman–Crippen MR) is 55.9 cm³/mol. The summed E-state index contributed by atoms with van der Waals surface area (Å²) in [5.41, 5.74) is 0.574. The van der Waals surface area contributed by atoms with E-state index < -0.39 is 6.10 Å². The minimum Gasteiger partial charge on any atom is -1.00 e. The van der Waals surface area contributed by atoms with Crippen LogP contribution in [0.3, 0.4) is 0 Å². The number of hydrogen-bond acceptors (Lipinski definition) is 4. The summed E-state index contributed by atoms with van der Waals surface area (Å²) in [6.07, 6.45) is -0.670. The number of halogens is 2. The zero-order valence-corrected chi connectivity index (χ0v) is 9.72. The van der Waals surface area contributed by atoms with E-state index in [4.69, 9.17) is 10.2 Å². The number of aromatic hydroxyl groups is 2. The fourth-order valence-corrected chi connectivity index (χ4v) is 1.06. The maximum atomic E-state index is 9.48. The smallest absolute Gasteiger partial charge is 0.157 e. The lowest BCUT2D eigenvalue weighted by Gasteiger charge is -2.10. The molecular weight excluding hydrogens is 241 g/mol. The predicted octanol–water partition coefficient (Wildman–Crippen LogP) is -2.22. The van der Waals surface area contributed by atoms with E-state index in [-0.39, 0.29) is 36.3 Å². The molecule has 0 spiro atoms. The Morgan fingerprint density at radius 3 is 2.33 bits per heavy atom. The van der Waals surface area contributed by atoms with Crippen LogP contribution in [0.4, 0.5) is 0 Å². The van der Waals surface area contributed by atoms with Gasteiger partial charge >= 0.3 is 0 Å². The van der Waals surface area contributed by atoms with E-state index in [1.807, 2.05) is 0 Å². The molecule has 1 rings (SSSR count). The Labute approximate surface area is 101 Å². The van der Waals surface area contributed by atoms with Crippen LogP contribution in [0, 0.1) is 0 Å². The molecule has 0 aliphatic heterocycles. The number of hydrogen-bond donors (Lipinski definition) is 4. The van der Waals surface area contributed by atoms with E-state index in [9.17, 15) is 5.11 Å². The number of likely N-dealkylation sites (N-methyl/N-ethyl adjacent to an activating group) is 1. The third kappa shape index (κ3) is 4.57. The second-order valence-electron chi connectivity index (χ2n) is 2.82. The SMILES string of the molecule is CNC[C@H](O)c1ccc(O)c(O)c1.Cl.[Cl-]. The van der Waals surface area contributed by atoms with Gasteiger partial charge in [0, 0.05) is 6.54 Å². The van der Waals surface area contributed by atoms with Gasteiger partial charge in [0.1, 0.15) is 0 Å². The van der Waals surface area contributed by atoms with Gasteiger partial charge in [0.2, 0.25) is 0 Å². The Morgan fingerprint density at radius 1 is 1.27 bits per heavy atom. The molecule has 15 heavy (non-hydrogen) atoms. The lowest BCUT2D eigenvalue weighted by Crippen LogP contribution is -3.00. The fourth-order valence-electron chi connectivity index (χ4n) is 1.06. The first-order valence-electron chi connectivity index (χ1n) is 3.99. The van der Waals surface area contributed by atoms with Gasteiger partial charge in [-0.2, -0.15) is 0 Å². The number of benzene rings is 1. The molecule has 88 valence electrons. The first-order chi connectivity index (χ1) is 6.15. The monoisotopic (exact) mass is 254 g/mol. The average molecular weight is 255 g/mol. The van der Waals surface area contributed by atoms with Gasteiger partial charge in [-0.05, 0) is 24.7 Å². The highest BCUT2D eigenvalue weighted by Gasteiger charge is 2.08. The molecule has 0 heterocycles. The van der Waals surface area contributed by atoms with Crippen LogP contribution in [-0.2, 0) is 0 Å². The Kier molecular flexibility index (Phi) is 8.47. The summed E-state index contributed by atoms with van der Waals surface area (Å²) in [4.78, 5) is 0. The van der Waals surface area contributed by atoms with Crippen LogP contribution in [0.15, 0.2) is 18.2 Å². The maximum Gasteiger partial charge on any atom is 0.157 e. The van der Waals surface area contributed by atoms with Gasteiger partial charge in [-0.3, -0.25) is 0 Å². The van der Waals surface area contributed by atoms with Gasteiger partial charge in [0.05, 0.1) is 6.10 Å². The summed E-state index contributed by atoms with van der Waals surface area (Å²) in [5.74, 6) is -0.395. The summed E-state index contributed by atoms with van der Waals surface area (Å²) in [7, 11) is 1.73. The lowest BCUT2D eigenvalue weighted by molar-refractivity contribution is -0.00000634. The van der Waals surface area contributed by atoms with E-state index in [1.54, 1.807) is 13.1 Å². The molecule has 1 atom stereocenters. The first-order valence-corrected chi connectivity index (χ1v) is 3.99. The van der Waals surface area contributed by atoms with Gasteiger partial charge in [-0.1, -0.05) is 6.07 Å². The Bertz CT molecular complexity index is 297. The molecular formula is C9H14Cl2NO3-. The van der Waals surface area contributed by atoms with Crippen molar-refractivity contribution in [2.45, 2.75) is 6.10 Å². The summed E-state index contributed by atoms with van der Waals surface area (Å²) in [5, 5.41) is 30.4. The number of nitrogens with one attached hydrogen (secondary N) is 1. The van der Waals surface area contributed by atoms with Gasteiger partial charge in [0.25, 0.3) is 0 Å². The Balaban J connectivity index is 0. The van der Waals surface area contributed by atoms with Crippen molar-refractivity contribution in [3.05, 3.63) is 23.8 Å². The van der Waals surface area contributed by atoms with Crippen molar-refractivity contribution in [1.29, 1.82) is 0 Å². The second kappa shape index (κ2) is 7.59. The summed E-state index contributed by atoms with van der Waals surface area (Å²) >= 11 is 0. The van der Waals surface area contributed by atoms with Crippen molar-refractivity contribution in [2.75, 3.05) is 13.6 Å². The molecule has 1 aromatic carbocycles. The van der Waals surface area contributed by atoms with Crippen molar-refractivity contribution in [1.82, 2.24) is 5.32 Å². The van der Waals surface area contributed by atoms with Gasteiger partial charge in [0.15, 0.2) is 11.5 Å². The number of phenols is 2. The van der Waals surface area contributed by atoms with Crippen molar-refractivity contribution < 1.29 is 27.7 Å². The van der Waals surface area contributed by atoms with Crippen LogP contribution in [0.25, 0.3) is 0 Å². The Hall–Kier alpha value is -0.680. The van der Waals surface area contributed by atoms with Crippen molar-refractivity contribution in [3.8, 4) is 11.5 Å². The molecule has 0 aliphatic carbocycles. The molecule has 0 radical (unpaired) electrons. The molecule has 0 saturated carbocycles. The van der Waals surface area contributed by atoms with E-state index in [0.29, 0.717) is 12.1 Å². The second-order valence-corrected chi connectivity index (χ2v) is 2.82. The van der Waals surface area contributed by atoms with Crippen molar-refractivity contribution in [2.24, 2.45) is 0 Å². The summed E-state index contributed by atoms with van der Waals surface area (Å²) < 4.78 is 0. The lowest BCUT2D eigenvalue weighted by atomic mass is 10.1. The highest BCUT2D eigenvalue weighted by molar-refractivity contribution is 5.85. The van der Waals surface area contributed by atoms with Crippen molar-refractivity contribution >= 4 is 12.4 Å². The number of rotatable bonds is 3. The number of aliphatic hydroxyl groups is 1. The minimum absolute atomic E-state index is 0. The van der Waals surface area contributed by atoms with Gasteiger partial charge < -0.3 is 33.0 Å². The van der Waals surface area contributed by atoms with E-state index in [0.717, 1.165) is 0 Å². The van der Waals surface area contributed by atoms with Crippen LogP contribution in [0.1, 0.15) is 11.7 Å². The molecule has 0 saturated heterocycles. The molecule has 0 unspecified atom stereocenters. The Morgan fingerprint density at radius 2 is 1.87 bits per heavy atom. The molecule has 0 aromatic heterocycles. The normalized spacial score (nSPS) is 11.1. The zero-order chi connectivity index (χ0) is 9.84. The van der Waals surface area contributed by atoms with E-state index in [1.165, 1.54) is 12.1 Å². The van der Waals surface area contributed by atoms with Crippen molar-refractivity contribution in [3.63, 3.8) is 0 Å². The fraction of sp³-hybridized carbons (Fsp3) is 0.333. The van der Waals surface area contributed by atoms with E-state index in [2.05, 4.69) is 5.32 Å². The molecule has 0 bridgehead atoms. The minimum atomic E-state index is -0.670. The van der Waals surface area contributed by atoms with Crippen LogP contribution >= 0.6 is 12.4 Å². The standard InChI is InChI=1S/C9H13NO3.2ClH/c1-10-5-9(13)6-2-3-7(11)8(12)4-6;;/h2-4,9-13H,5H2,1H3;2*1H/p-1/t9-;;/m0../s1.